The zero-order valence-corrected chi connectivity index (χ0v) is 13.1. The van der Waals surface area contributed by atoms with Gasteiger partial charge in [0, 0.05) is 6.42 Å². The van der Waals surface area contributed by atoms with Crippen molar-refractivity contribution in [1.29, 1.82) is 0 Å². The van der Waals surface area contributed by atoms with Crippen LogP contribution >= 0.6 is 0 Å². The molecule has 1 aliphatic carbocycles. The average molecular weight is 276 g/mol. The maximum Gasteiger partial charge on any atom is 0.122 e. The van der Waals surface area contributed by atoms with E-state index in [2.05, 4.69) is 26.0 Å². The van der Waals surface area contributed by atoms with Crippen LogP contribution in [0.4, 0.5) is 0 Å². The van der Waals surface area contributed by atoms with Crippen molar-refractivity contribution in [3.8, 4) is 5.75 Å². The van der Waals surface area contributed by atoms with E-state index in [-0.39, 0.29) is 0 Å². The Hall–Kier alpha value is -1.02. The fraction of sp³-hybridized carbons (Fsp3) is 0.667. The topological polar surface area (TPSA) is 29.5 Å². The molecular weight excluding hydrogens is 248 g/mol. The van der Waals surface area contributed by atoms with Crippen LogP contribution in [0.3, 0.4) is 0 Å². The molecule has 1 saturated carbocycles. The third-order valence-corrected chi connectivity index (χ3v) is 4.81. The van der Waals surface area contributed by atoms with Crippen molar-refractivity contribution in [3.63, 3.8) is 0 Å². The summed E-state index contributed by atoms with van der Waals surface area (Å²) < 4.78 is 5.45. The summed E-state index contributed by atoms with van der Waals surface area (Å²) in [5.74, 6) is 1.70. The standard InChI is InChI=1S/C18H28O2/c1-4-15-6-5-10-18(19,11-9-15)13-16-12-14(2)7-8-17(16)20-3/h7-8,12,15,19H,4-6,9-11,13H2,1-3H3. The van der Waals surface area contributed by atoms with Gasteiger partial charge in [-0.05, 0) is 43.7 Å². The summed E-state index contributed by atoms with van der Waals surface area (Å²) in [6.45, 7) is 4.35. The second-order valence-corrected chi connectivity index (χ2v) is 6.42. The molecule has 0 amide bonds. The van der Waals surface area contributed by atoms with E-state index in [0.29, 0.717) is 6.42 Å². The van der Waals surface area contributed by atoms with E-state index in [9.17, 15) is 5.11 Å². The van der Waals surface area contributed by atoms with Gasteiger partial charge in [0.05, 0.1) is 12.7 Å². The van der Waals surface area contributed by atoms with Crippen LogP contribution in [0.25, 0.3) is 0 Å². The molecule has 0 spiro atoms. The molecule has 1 aliphatic rings. The Labute approximate surface area is 123 Å². The molecule has 112 valence electrons. The summed E-state index contributed by atoms with van der Waals surface area (Å²) >= 11 is 0. The Kier molecular flexibility index (Phi) is 5.09. The number of hydrogen-bond donors (Lipinski definition) is 1. The summed E-state index contributed by atoms with van der Waals surface area (Å²) in [5.41, 5.74) is 1.82. The molecule has 2 heteroatoms. The second-order valence-electron chi connectivity index (χ2n) is 6.42. The third kappa shape index (κ3) is 3.76. The molecule has 2 unspecified atom stereocenters. The van der Waals surface area contributed by atoms with E-state index in [1.54, 1.807) is 7.11 Å². The van der Waals surface area contributed by atoms with Gasteiger partial charge < -0.3 is 9.84 Å². The van der Waals surface area contributed by atoms with E-state index in [4.69, 9.17) is 4.74 Å². The van der Waals surface area contributed by atoms with E-state index in [0.717, 1.165) is 42.9 Å². The zero-order chi connectivity index (χ0) is 14.6. The van der Waals surface area contributed by atoms with Gasteiger partial charge in [-0.25, -0.2) is 0 Å². The first-order chi connectivity index (χ1) is 9.56. The van der Waals surface area contributed by atoms with Crippen LogP contribution < -0.4 is 4.74 Å². The number of hydrogen-bond acceptors (Lipinski definition) is 2. The van der Waals surface area contributed by atoms with Gasteiger partial charge in [-0.1, -0.05) is 43.9 Å². The van der Waals surface area contributed by atoms with Crippen molar-refractivity contribution in [2.45, 2.75) is 64.4 Å². The maximum atomic E-state index is 11.0. The lowest BCUT2D eigenvalue weighted by Crippen LogP contribution is -2.31. The van der Waals surface area contributed by atoms with Gasteiger partial charge in [-0.15, -0.1) is 0 Å². The van der Waals surface area contributed by atoms with Gasteiger partial charge >= 0.3 is 0 Å². The van der Waals surface area contributed by atoms with Crippen LogP contribution in [0.1, 0.15) is 56.6 Å². The molecule has 0 heterocycles. The Balaban J connectivity index is 2.13. The molecule has 0 aromatic heterocycles. The summed E-state index contributed by atoms with van der Waals surface area (Å²) in [7, 11) is 1.71. The van der Waals surface area contributed by atoms with Crippen LogP contribution in [-0.4, -0.2) is 17.8 Å². The van der Waals surface area contributed by atoms with E-state index in [1.165, 1.54) is 18.4 Å². The fourth-order valence-electron chi connectivity index (χ4n) is 3.45. The summed E-state index contributed by atoms with van der Waals surface area (Å²) in [5, 5.41) is 11.0. The molecule has 0 radical (unpaired) electrons. The Morgan fingerprint density at radius 1 is 1.30 bits per heavy atom. The summed E-state index contributed by atoms with van der Waals surface area (Å²) in [4.78, 5) is 0. The maximum absolute atomic E-state index is 11.0. The minimum atomic E-state index is -0.551. The molecule has 2 rings (SSSR count). The lowest BCUT2D eigenvalue weighted by molar-refractivity contribution is 0.0236. The lowest BCUT2D eigenvalue weighted by atomic mass is 9.86. The van der Waals surface area contributed by atoms with Gasteiger partial charge in [0.25, 0.3) is 0 Å². The van der Waals surface area contributed by atoms with E-state index in [1.807, 2.05) is 6.07 Å². The number of aryl methyl sites for hydroxylation is 1. The molecule has 1 aromatic rings. The average Bonchev–Trinajstić information content (AvgIpc) is 2.61. The molecule has 1 aromatic carbocycles. The molecule has 1 N–H and O–H groups in total. The number of ether oxygens (including phenoxy) is 1. The minimum absolute atomic E-state index is 0.551. The molecule has 2 atom stereocenters. The largest absolute Gasteiger partial charge is 0.496 e. The number of benzene rings is 1. The molecule has 0 saturated heterocycles. The molecule has 1 fully saturated rings. The summed E-state index contributed by atoms with van der Waals surface area (Å²) in [6.07, 6.45) is 7.36. The van der Waals surface area contributed by atoms with Crippen LogP contribution in [0, 0.1) is 12.8 Å². The molecular formula is C18H28O2. The highest BCUT2D eigenvalue weighted by molar-refractivity contribution is 5.37. The number of rotatable bonds is 4. The van der Waals surface area contributed by atoms with Crippen molar-refractivity contribution in [2.24, 2.45) is 5.92 Å². The highest BCUT2D eigenvalue weighted by atomic mass is 16.5. The van der Waals surface area contributed by atoms with Crippen molar-refractivity contribution in [3.05, 3.63) is 29.3 Å². The predicted octanol–water partition coefficient (Wildman–Crippen LogP) is 4.27. The first-order valence-electron chi connectivity index (χ1n) is 7.92. The van der Waals surface area contributed by atoms with Crippen molar-refractivity contribution >= 4 is 0 Å². The van der Waals surface area contributed by atoms with Gasteiger partial charge in [0.2, 0.25) is 0 Å². The number of aliphatic hydroxyl groups is 1. The predicted molar refractivity (Wildman–Crippen MR) is 83.3 cm³/mol. The molecule has 0 aliphatic heterocycles. The zero-order valence-electron chi connectivity index (χ0n) is 13.1. The van der Waals surface area contributed by atoms with Gasteiger partial charge in [-0.2, -0.15) is 0 Å². The SMILES string of the molecule is CCC1CCCC(O)(Cc2cc(C)ccc2OC)CC1. The molecule has 20 heavy (non-hydrogen) atoms. The van der Waals surface area contributed by atoms with Crippen molar-refractivity contribution < 1.29 is 9.84 Å². The van der Waals surface area contributed by atoms with Crippen LogP contribution in [0.5, 0.6) is 5.75 Å². The Bertz CT molecular complexity index is 441. The van der Waals surface area contributed by atoms with Gasteiger partial charge in [0.1, 0.15) is 5.75 Å². The fourth-order valence-corrected chi connectivity index (χ4v) is 3.45. The lowest BCUT2D eigenvalue weighted by Gasteiger charge is -2.28. The van der Waals surface area contributed by atoms with Crippen LogP contribution in [0.15, 0.2) is 18.2 Å². The van der Waals surface area contributed by atoms with E-state index < -0.39 is 5.60 Å². The van der Waals surface area contributed by atoms with Crippen molar-refractivity contribution in [2.75, 3.05) is 7.11 Å². The Morgan fingerprint density at radius 3 is 2.80 bits per heavy atom. The monoisotopic (exact) mass is 276 g/mol. The van der Waals surface area contributed by atoms with Crippen LogP contribution in [-0.2, 0) is 6.42 Å². The molecule has 2 nitrogen and oxygen atoms in total. The minimum Gasteiger partial charge on any atom is -0.496 e. The van der Waals surface area contributed by atoms with Gasteiger partial charge in [0.15, 0.2) is 0 Å². The normalized spacial score (nSPS) is 27.1. The first-order valence-corrected chi connectivity index (χ1v) is 7.92. The highest BCUT2D eigenvalue weighted by Crippen LogP contribution is 2.36. The number of methoxy groups -OCH3 is 1. The first kappa shape index (κ1) is 15.4. The third-order valence-electron chi connectivity index (χ3n) is 4.81. The quantitative estimate of drug-likeness (QED) is 0.832. The molecule has 0 bridgehead atoms. The summed E-state index contributed by atoms with van der Waals surface area (Å²) in [6, 6.07) is 6.23. The van der Waals surface area contributed by atoms with Crippen molar-refractivity contribution in [1.82, 2.24) is 0 Å². The second kappa shape index (κ2) is 6.62. The van der Waals surface area contributed by atoms with Crippen LogP contribution in [0.2, 0.25) is 0 Å². The van der Waals surface area contributed by atoms with Gasteiger partial charge in [-0.3, -0.25) is 0 Å². The van der Waals surface area contributed by atoms with E-state index >= 15 is 0 Å². The highest BCUT2D eigenvalue weighted by Gasteiger charge is 2.31. The Morgan fingerprint density at radius 2 is 2.10 bits per heavy atom. The smallest absolute Gasteiger partial charge is 0.122 e.